The summed E-state index contributed by atoms with van der Waals surface area (Å²) < 4.78 is 4.86. The van der Waals surface area contributed by atoms with Gasteiger partial charge in [-0.3, -0.25) is 9.69 Å². The maximum atomic E-state index is 11.7. The Kier molecular flexibility index (Phi) is 3.46. The third-order valence-corrected chi connectivity index (χ3v) is 2.18. The van der Waals surface area contributed by atoms with Crippen molar-refractivity contribution >= 4 is 11.9 Å². The van der Waals surface area contributed by atoms with Gasteiger partial charge in [-0.05, 0) is 13.8 Å². The van der Waals surface area contributed by atoms with E-state index < -0.39 is 6.04 Å². The van der Waals surface area contributed by atoms with Gasteiger partial charge in [-0.1, -0.05) is 0 Å². The highest BCUT2D eigenvalue weighted by atomic mass is 16.5. The largest absolute Gasteiger partial charge is 0.385 e. The molecule has 1 saturated heterocycles. The Labute approximate surface area is 83.4 Å². The number of nitrogens with one attached hydrogen (secondary N) is 1. The Morgan fingerprint density at radius 1 is 1.50 bits per heavy atom. The van der Waals surface area contributed by atoms with Crippen LogP contribution in [-0.4, -0.2) is 42.6 Å². The number of hydrogen-bond acceptors (Lipinski definition) is 3. The van der Waals surface area contributed by atoms with Crippen LogP contribution in [-0.2, 0) is 9.53 Å². The fourth-order valence-corrected chi connectivity index (χ4v) is 1.47. The highest BCUT2D eigenvalue weighted by Gasteiger charge is 2.38. The van der Waals surface area contributed by atoms with Gasteiger partial charge in [-0.15, -0.1) is 0 Å². The summed E-state index contributed by atoms with van der Waals surface area (Å²) in [5.74, 6) is -0.151. The molecule has 0 bridgehead atoms. The number of rotatable bonds is 4. The van der Waals surface area contributed by atoms with E-state index in [9.17, 15) is 9.59 Å². The molecule has 0 aromatic rings. The minimum absolute atomic E-state index is 0.0879. The zero-order chi connectivity index (χ0) is 10.7. The van der Waals surface area contributed by atoms with Gasteiger partial charge in [0, 0.05) is 26.2 Å². The first kappa shape index (κ1) is 11.0. The van der Waals surface area contributed by atoms with Crippen LogP contribution in [0.4, 0.5) is 4.79 Å². The number of ether oxygens (including phenoxy) is 1. The lowest BCUT2D eigenvalue weighted by Crippen LogP contribution is -2.37. The molecule has 1 heterocycles. The van der Waals surface area contributed by atoms with Gasteiger partial charge in [0.15, 0.2) is 0 Å². The maximum Gasteiger partial charge on any atom is 0.325 e. The van der Waals surface area contributed by atoms with Gasteiger partial charge in [0.2, 0.25) is 0 Å². The van der Waals surface area contributed by atoms with E-state index in [-0.39, 0.29) is 18.0 Å². The van der Waals surface area contributed by atoms with Crippen LogP contribution < -0.4 is 5.32 Å². The predicted molar refractivity (Wildman–Crippen MR) is 50.8 cm³/mol. The third kappa shape index (κ3) is 2.04. The van der Waals surface area contributed by atoms with E-state index >= 15 is 0 Å². The van der Waals surface area contributed by atoms with Crippen LogP contribution in [0, 0.1) is 0 Å². The summed E-state index contributed by atoms with van der Waals surface area (Å²) in [5, 5.41) is 2.63. The normalized spacial score (nSPS) is 22.0. The Morgan fingerprint density at radius 3 is 2.57 bits per heavy atom. The maximum absolute atomic E-state index is 11.7. The molecular weight excluding hydrogens is 184 g/mol. The minimum atomic E-state index is -0.412. The van der Waals surface area contributed by atoms with E-state index in [0.29, 0.717) is 13.0 Å². The third-order valence-electron chi connectivity index (χ3n) is 2.18. The Hall–Kier alpha value is -1.10. The van der Waals surface area contributed by atoms with Gasteiger partial charge in [0.25, 0.3) is 5.91 Å². The van der Waals surface area contributed by atoms with Crippen molar-refractivity contribution in [1.82, 2.24) is 10.2 Å². The summed E-state index contributed by atoms with van der Waals surface area (Å²) in [6.07, 6.45) is 0.532. The molecule has 1 rings (SSSR count). The topological polar surface area (TPSA) is 58.6 Å². The molecule has 3 amide bonds. The minimum Gasteiger partial charge on any atom is -0.385 e. The van der Waals surface area contributed by atoms with Gasteiger partial charge < -0.3 is 10.1 Å². The molecule has 1 atom stereocenters. The molecule has 0 aromatic carbocycles. The number of methoxy groups -OCH3 is 1. The number of nitrogens with zero attached hydrogens (tertiary/aromatic N) is 1. The molecular formula is C9H16N2O3. The van der Waals surface area contributed by atoms with Crippen molar-refractivity contribution in [3.63, 3.8) is 0 Å². The molecule has 0 aromatic heterocycles. The van der Waals surface area contributed by atoms with Crippen LogP contribution in [0.1, 0.15) is 20.3 Å². The second-order valence-electron chi connectivity index (χ2n) is 3.59. The lowest BCUT2D eigenvalue weighted by molar-refractivity contribution is -0.128. The van der Waals surface area contributed by atoms with Gasteiger partial charge >= 0.3 is 6.03 Å². The second kappa shape index (κ2) is 4.41. The van der Waals surface area contributed by atoms with Crippen molar-refractivity contribution in [1.29, 1.82) is 0 Å². The Balaban J connectivity index is 2.60. The summed E-state index contributed by atoms with van der Waals surface area (Å²) in [6.45, 7) is 4.11. The van der Waals surface area contributed by atoms with E-state index in [1.54, 1.807) is 7.11 Å². The molecule has 5 nitrogen and oxygen atoms in total. The van der Waals surface area contributed by atoms with Crippen LogP contribution in [0.2, 0.25) is 0 Å². The molecule has 1 aliphatic rings. The SMILES string of the molecule is COCCC1NC(=O)N(C(C)C)C1=O. The Morgan fingerprint density at radius 2 is 2.14 bits per heavy atom. The highest BCUT2D eigenvalue weighted by Crippen LogP contribution is 2.12. The van der Waals surface area contributed by atoms with Crippen molar-refractivity contribution in [3.05, 3.63) is 0 Å². The average molecular weight is 200 g/mol. The zero-order valence-corrected chi connectivity index (χ0v) is 8.74. The number of carbonyl (C=O) groups excluding carboxylic acids is 2. The average Bonchev–Trinajstić information content (AvgIpc) is 2.38. The summed E-state index contributed by atoms with van der Waals surface area (Å²) >= 11 is 0. The number of hydrogen-bond donors (Lipinski definition) is 1. The molecule has 5 heteroatoms. The molecule has 80 valence electrons. The monoisotopic (exact) mass is 200 g/mol. The second-order valence-corrected chi connectivity index (χ2v) is 3.59. The van der Waals surface area contributed by atoms with Gasteiger partial charge in [-0.2, -0.15) is 0 Å². The van der Waals surface area contributed by atoms with Crippen molar-refractivity contribution in [2.45, 2.75) is 32.4 Å². The van der Waals surface area contributed by atoms with Crippen LogP contribution in [0.15, 0.2) is 0 Å². The summed E-state index contributed by atoms with van der Waals surface area (Å²) in [6, 6.07) is -0.800. The smallest absolute Gasteiger partial charge is 0.325 e. The van der Waals surface area contributed by atoms with Crippen LogP contribution >= 0.6 is 0 Å². The molecule has 1 N–H and O–H groups in total. The van der Waals surface area contributed by atoms with E-state index in [1.165, 1.54) is 4.90 Å². The number of imide groups is 1. The first-order valence-corrected chi connectivity index (χ1v) is 4.70. The fourth-order valence-electron chi connectivity index (χ4n) is 1.47. The Bertz CT molecular complexity index is 240. The fraction of sp³-hybridized carbons (Fsp3) is 0.778. The molecule has 14 heavy (non-hydrogen) atoms. The molecule has 1 unspecified atom stereocenters. The summed E-state index contributed by atoms with van der Waals surface area (Å²) in [4.78, 5) is 24.3. The predicted octanol–water partition coefficient (Wildman–Crippen LogP) is 0.352. The molecule has 0 saturated carbocycles. The highest BCUT2D eigenvalue weighted by molar-refractivity contribution is 6.04. The van der Waals surface area contributed by atoms with Crippen molar-refractivity contribution in [3.8, 4) is 0 Å². The van der Waals surface area contributed by atoms with Crippen LogP contribution in [0.5, 0.6) is 0 Å². The van der Waals surface area contributed by atoms with Crippen molar-refractivity contribution in [2.24, 2.45) is 0 Å². The summed E-state index contributed by atoms with van der Waals surface area (Å²) in [5.41, 5.74) is 0. The van der Waals surface area contributed by atoms with Gasteiger partial charge in [0.05, 0.1) is 0 Å². The van der Waals surface area contributed by atoms with Crippen LogP contribution in [0.3, 0.4) is 0 Å². The molecule has 1 aliphatic heterocycles. The lowest BCUT2D eigenvalue weighted by Gasteiger charge is -2.16. The number of urea groups is 1. The first-order chi connectivity index (χ1) is 6.57. The zero-order valence-electron chi connectivity index (χ0n) is 8.74. The quantitative estimate of drug-likeness (QED) is 0.666. The van der Waals surface area contributed by atoms with E-state index in [2.05, 4.69) is 5.32 Å². The van der Waals surface area contributed by atoms with E-state index in [4.69, 9.17) is 4.74 Å². The number of amides is 3. The van der Waals surface area contributed by atoms with Crippen molar-refractivity contribution in [2.75, 3.05) is 13.7 Å². The number of carbonyl (C=O) groups is 2. The van der Waals surface area contributed by atoms with Crippen LogP contribution in [0.25, 0.3) is 0 Å². The first-order valence-electron chi connectivity index (χ1n) is 4.70. The van der Waals surface area contributed by atoms with E-state index in [1.807, 2.05) is 13.8 Å². The molecule has 0 spiro atoms. The molecule has 0 radical (unpaired) electrons. The molecule has 0 aliphatic carbocycles. The van der Waals surface area contributed by atoms with Gasteiger partial charge in [-0.25, -0.2) is 4.79 Å². The van der Waals surface area contributed by atoms with Gasteiger partial charge in [0.1, 0.15) is 6.04 Å². The standard InChI is InChI=1S/C9H16N2O3/c1-6(2)11-8(12)7(4-5-14-3)10-9(11)13/h6-7H,4-5H2,1-3H3,(H,10,13). The molecule has 1 fully saturated rings. The summed E-state index contributed by atoms with van der Waals surface area (Å²) in [7, 11) is 1.57. The lowest BCUT2D eigenvalue weighted by atomic mass is 10.2. The van der Waals surface area contributed by atoms with E-state index in [0.717, 1.165) is 0 Å². The van der Waals surface area contributed by atoms with Crippen molar-refractivity contribution < 1.29 is 14.3 Å².